The molecule has 96 valence electrons. The Labute approximate surface area is 107 Å². The van der Waals surface area contributed by atoms with Crippen LogP contribution in [0.1, 0.15) is 16.8 Å². The molecule has 2 aromatic rings. The molecular weight excluding hydrogens is 265 g/mol. The molecule has 0 N–H and O–H groups in total. The van der Waals surface area contributed by atoms with E-state index in [1.54, 1.807) is 19.2 Å². The highest BCUT2D eigenvalue weighted by atomic mass is 35.5. The molecule has 0 bridgehead atoms. The first-order chi connectivity index (χ1) is 8.43. The highest BCUT2D eigenvalue weighted by Gasteiger charge is 2.30. The number of alkyl halides is 4. The Kier molecular flexibility index (Phi) is 3.34. The Morgan fingerprint density at radius 2 is 2.06 bits per heavy atom. The SMILES string of the molecule is Cc1c(CCl)cnn1-c1cccc(C(F)(F)F)c1. The molecule has 1 aromatic heterocycles. The van der Waals surface area contributed by atoms with Crippen molar-refractivity contribution in [3.05, 3.63) is 47.3 Å². The van der Waals surface area contributed by atoms with Gasteiger partial charge in [0.05, 0.1) is 23.3 Å². The molecule has 1 aromatic carbocycles. The second-order valence-electron chi connectivity index (χ2n) is 3.85. The molecule has 6 heteroatoms. The number of hydrogen-bond donors (Lipinski definition) is 0. The van der Waals surface area contributed by atoms with Crippen molar-refractivity contribution in [2.24, 2.45) is 0 Å². The maximum atomic E-state index is 12.6. The van der Waals surface area contributed by atoms with E-state index < -0.39 is 11.7 Å². The maximum Gasteiger partial charge on any atom is 0.416 e. The molecule has 0 spiro atoms. The number of rotatable bonds is 2. The van der Waals surface area contributed by atoms with Gasteiger partial charge in [0.15, 0.2) is 0 Å². The number of benzene rings is 1. The molecule has 0 saturated heterocycles. The van der Waals surface area contributed by atoms with Crippen LogP contribution >= 0.6 is 11.6 Å². The van der Waals surface area contributed by atoms with Crippen molar-refractivity contribution in [3.63, 3.8) is 0 Å². The molecule has 2 rings (SSSR count). The van der Waals surface area contributed by atoms with Crippen LogP contribution in [0.25, 0.3) is 5.69 Å². The van der Waals surface area contributed by atoms with Crippen LogP contribution in [-0.2, 0) is 12.1 Å². The highest BCUT2D eigenvalue weighted by molar-refractivity contribution is 6.17. The zero-order chi connectivity index (χ0) is 13.3. The van der Waals surface area contributed by atoms with Crippen molar-refractivity contribution in [3.8, 4) is 5.69 Å². The summed E-state index contributed by atoms with van der Waals surface area (Å²) in [4.78, 5) is 0. The first-order valence-corrected chi connectivity index (χ1v) is 5.74. The Balaban J connectivity index is 2.48. The van der Waals surface area contributed by atoms with Crippen LogP contribution in [0, 0.1) is 6.92 Å². The van der Waals surface area contributed by atoms with E-state index in [0.717, 1.165) is 23.4 Å². The number of nitrogens with zero attached hydrogens (tertiary/aromatic N) is 2. The summed E-state index contributed by atoms with van der Waals surface area (Å²) in [5.74, 6) is 0.283. The molecule has 0 aliphatic heterocycles. The van der Waals surface area contributed by atoms with Crippen molar-refractivity contribution in [2.75, 3.05) is 0 Å². The van der Waals surface area contributed by atoms with Gasteiger partial charge in [0, 0.05) is 11.3 Å². The number of hydrogen-bond acceptors (Lipinski definition) is 1. The summed E-state index contributed by atoms with van der Waals surface area (Å²) in [7, 11) is 0. The van der Waals surface area contributed by atoms with Gasteiger partial charge >= 0.3 is 6.18 Å². The zero-order valence-corrected chi connectivity index (χ0v) is 10.3. The number of halogens is 4. The fraction of sp³-hybridized carbons (Fsp3) is 0.250. The van der Waals surface area contributed by atoms with E-state index >= 15 is 0 Å². The summed E-state index contributed by atoms with van der Waals surface area (Å²) in [6, 6.07) is 5.04. The lowest BCUT2D eigenvalue weighted by molar-refractivity contribution is -0.137. The second kappa shape index (κ2) is 4.65. The summed E-state index contributed by atoms with van der Waals surface area (Å²) in [6.45, 7) is 1.77. The maximum absolute atomic E-state index is 12.6. The number of aromatic nitrogens is 2. The van der Waals surface area contributed by atoms with E-state index in [0.29, 0.717) is 5.69 Å². The normalized spacial score (nSPS) is 11.8. The average molecular weight is 275 g/mol. The van der Waals surface area contributed by atoms with Gasteiger partial charge in [-0.2, -0.15) is 18.3 Å². The van der Waals surface area contributed by atoms with Crippen molar-refractivity contribution >= 4 is 11.6 Å². The molecule has 0 unspecified atom stereocenters. The first kappa shape index (κ1) is 13.0. The fourth-order valence-electron chi connectivity index (χ4n) is 1.65. The lowest BCUT2D eigenvalue weighted by Gasteiger charge is -2.10. The van der Waals surface area contributed by atoms with E-state index in [1.807, 2.05) is 0 Å². The van der Waals surface area contributed by atoms with E-state index in [4.69, 9.17) is 11.6 Å². The minimum Gasteiger partial charge on any atom is -0.238 e. The Hall–Kier alpha value is -1.49. The molecule has 0 fully saturated rings. The zero-order valence-electron chi connectivity index (χ0n) is 9.50. The van der Waals surface area contributed by atoms with Gasteiger partial charge < -0.3 is 0 Å². The lowest BCUT2D eigenvalue weighted by atomic mass is 10.2. The van der Waals surface area contributed by atoms with E-state index in [9.17, 15) is 13.2 Å². The van der Waals surface area contributed by atoms with E-state index in [2.05, 4.69) is 5.10 Å². The van der Waals surface area contributed by atoms with Crippen LogP contribution in [0.2, 0.25) is 0 Å². The van der Waals surface area contributed by atoms with Gasteiger partial charge in [-0.15, -0.1) is 11.6 Å². The van der Waals surface area contributed by atoms with Crippen LogP contribution in [0.4, 0.5) is 13.2 Å². The summed E-state index contributed by atoms with van der Waals surface area (Å²) in [5, 5.41) is 4.04. The molecule has 1 heterocycles. The van der Waals surface area contributed by atoms with Gasteiger partial charge in [0.1, 0.15) is 0 Å². The fourth-order valence-corrected chi connectivity index (χ4v) is 1.91. The molecule has 0 saturated carbocycles. The van der Waals surface area contributed by atoms with Crippen molar-refractivity contribution in [1.82, 2.24) is 9.78 Å². The van der Waals surface area contributed by atoms with Crippen molar-refractivity contribution in [1.29, 1.82) is 0 Å². The minimum atomic E-state index is -4.35. The predicted molar refractivity (Wildman–Crippen MR) is 62.9 cm³/mol. The van der Waals surface area contributed by atoms with Crippen LogP contribution in [0.3, 0.4) is 0 Å². The van der Waals surface area contributed by atoms with Crippen LogP contribution in [0.5, 0.6) is 0 Å². The molecule has 0 aliphatic carbocycles. The average Bonchev–Trinajstić information content (AvgIpc) is 2.69. The topological polar surface area (TPSA) is 17.8 Å². The molecule has 0 radical (unpaired) electrons. The minimum absolute atomic E-state index is 0.283. The third-order valence-corrected chi connectivity index (χ3v) is 2.96. The summed E-state index contributed by atoms with van der Waals surface area (Å²) < 4.78 is 39.3. The van der Waals surface area contributed by atoms with Gasteiger partial charge in [-0.1, -0.05) is 6.07 Å². The second-order valence-corrected chi connectivity index (χ2v) is 4.12. The smallest absolute Gasteiger partial charge is 0.238 e. The molecule has 0 atom stereocenters. The lowest BCUT2D eigenvalue weighted by Crippen LogP contribution is -2.07. The molecule has 0 aliphatic rings. The molecular formula is C12H10ClF3N2. The molecule has 0 amide bonds. The van der Waals surface area contributed by atoms with Crippen molar-refractivity contribution in [2.45, 2.75) is 19.0 Å². The molecule has 18 heavy (non-hydrogen) atoms. The standard InChI is InChI=1S/C12H10ClF3N2/c1-8-9(6-13)7-17-18(8)11-4-2-3-10(5-11)12(14,15)16/h2-5,7H,6H2,1H3. The molecule has 2 nitrogen and oxygen atoms in total. The van der Waals surface area contributed by atoms with Crippen molar-refractivity contribution < 1.29 is 13.2 Å². The summed E-state index contributed by atoms with van der Waals surface area (Å²) >= 11 is 5.70. The third-order valence-electron chi connectivity index (χ3n) is 2.67. The Morgan fingerprint density at radius 1 is 1.33 bits per heavy atom. The first-order valence-electron chi connectivity index (χ1n) is 5.20. The predicted octanol–water partition coefficient (Wildman–Crippen LogP) is 3.94. The van der Waals surface area contributed by atoms with Gasteiger partial charge in [0.25, 0.3) is 0 Å². The van der Waals surface area contributed by atoms with E-state index in [1.165, 1.54) is 10.7 Å². The third kappa shape index (κ3) is 2.36. The van der Waals surface area contributed by atoms with Crippen LogP contribution in [0.15, 0.2) is 30.5 Å². The van der Waals surface area contributed by atoms with Gasteiger partial charge in [-0.05, 0) is 25.1 Å². The largest absolute Gasteiger partial charge is 0.416 e. The quantitative estimate of drug-likeness (QED) is 0.759. The Bertz CT molecular complexity index is 561. The van der Waals surface area contributed by atoms with E-state index in [-0.39, 0.29) is 5.88 Å². The van der Waals surface area contributed by atoms with Gasteiger partial charge in [0.2, 0.25) is 0 Å². The summed E-state index contributed by atoms with van der Waals surface area (Å²) in [6.07, 6.45) is -2.80. The monoisotopic (exact) mass is 274 g/mol. The summed E-state index contributed by atoms with van der Waals surface area (Å²) in [5.41, 5.74) is 1.22. The van der Waals surface area contributed by atoms with Crippen LogP contribution in [-0.4, -0.2) is 9.78 Å². The van der Waals surface area contributed by atoms with Crippen LogP contribution < -0.4 is 0 Å². The van der Waals surface area contributed by atoms with Gasteiger partial charge in [-0.3, -0.25) is 0 Å². The highest BCUT2D eigenvalue weighted by Crippen LogP contribution is 2.30. The Morgan fingerprint density at radius 3 is 2.61 bits per heavy atom. The van der Waals surface area contributed by atoms with Gasteiger partial charge in [-0.25, -0.2) is 4.68 Å².